The highest BCUT2D eigenvalue weighted by molar-refractivity contribution is 7.99. The molecule has 0 amide bonds. The van der Waals surface area contributed by atoms with E-state index in [0.717, 1.165) is 24.3 Å². The normalized spacial score (nSPS) is 23.4. The van der Waals surface area contributed by atoms with Crippen LogP contribution in [0.25, 0.3) is 11.2 Å². The highest BCUT2D eigenvalue weighted by Crippen LogP contribution is 2.32. The Balaban J connectivity index is 1.63. The van der Waals surface area contributed by atoms with Crippen molar-refractivity contribution in [1.82, 2.24) is 19.4 Å². The predicted molar refractivity (Wildman–Crippen MR) is 92.5 cm³/mol. The molecule has 2 aliphatic heterocycles. The van der Waals surface area contributed by atoms with E-state index < -0.39 is 0 Å². The minimum atomic E-state index is 0.603. The molecule has 0 aromatic carbocycles. The van der Waals surface area contributed by atoms with Gasteiger partial charge in [0.1, 0.15) is 11.3 Å². The van der Waals surface area contributed by atoms with Crippen molar-refractivity contribution in [1.29, 1.82) is 0 Å². The summed E-state index contributed by atoms with van der Waals surface area (Å²) in [6, 6.07) is 4.10. The van der Waals surface area contributed by atoms with Crippen LogP contribution in [-0.2, 0) is 6.54 Å². The molecule has 1 unspecified atom stereocenters. The van der Waals surface area contributed by atoms with Gasteiger partial charge in [-0.2, -0.15) is 11.8 Å². The maximum Gasteiger partial charge on any atom is 0.160 e. The van der Waals surface area contributed by atoms with Crippen molar-refractivity contribution >= 4 is 22.9 Å². The SMILES string of the molecule is c1cnc2c(c1)nc(C1CCCSC1)n2CCN1CCCC1. The van der Waals surface area contributed by atoms with Crippen LogP contribution in [0.2, 0.25) is 0 Å². The molecular formula is C17H24N4S. The van der Waals surface area contributed by atoms with E-state index in [2.05, 4.69) is 32.3 Å². The monoisotopic (exact) mass is 316 g/mol. The van der Waals surface area contributed by atoms with Gasteiger partial charge in [-0.05, 0) is 56.7 Å². The van der Waals surface area contributed by atoms with Crippen molar-refractivity contribution in [2.24, 2.45) is 0 Å². The van der Waals surface area contributed by atoms with E-state index in [1.54, 1.807) is 0 Å². The molecular weight excluding hydrogens is 292 g/mol. The smallest absolute Gasteiger partial charge is 0.160 e. The molecule has 2 fully saturated rings. The summed E-state index contributed by atoms with van der Waals surface area (Å²) in [7, 11) is 0. The van der Waals surface area contributed by atoms with Crippen molar-refractivity contribution in [3.05, 3.63) is 24.2 Å². The molecule has 1 atom stereocenters. The Bertz CT molecular complexity index is 627. The van der Waals surface area contributed by atoms with Crippen LogP contribution in [0.3, 0.4) is 0 Å². The summed E-state index contributed by atoms with van der Waals surface area (Å²) in [6.45, 7) is 4.68. The Morgan fingerprint density at radius 3 is 2.91 bits per heavy atom. The summed E-state index contributed by atoms with van der Waals surface area (Å²) >= 11 is 2.08. The molecule has 22 heavy (non-hydrogen) atoms. The van der Waals surface area contributed by atoms with Gasteiger partial charge in [0, 0.05) is 31.0 Å². The minimum Gasteiger partial charge on any atom is -0.311 e. The van der Waals surface area contributed by atoms with Gasteiger partial charge in [0.25, 0.3) is 0 Å². The second kappa shape index (κ2) is 6.59. The fourth-order valence-corrected chi connectivity index (χ4v) is 4.84. The number of imidazole rings is 1. The maximum atomic E-state index is 4.95. The predicted octanol–water partition coefficient (Wildman–Crippen LogP) is 3.14. The Kier molecular flexibility index (Phi) is 4.35. The molecule has 0 spiro atoms. The van der Waals surface area contributed by atoms with Gasteiger partial charge in [-0.3, -0.25) is 0 Å². The fraction of sp³-hybridized carbons (Fsp3) is 0.647. The number of hydrogen-bond donors (Lipinski definition) is 0. The molecule has 2 saturated heterocycles. The molecule has 4 rings (SSSR count). The van der Waals surface area contributed by atoms with Gasteiger partial charge in [0.15, 0.2) is 5.65 Å². The van der Waals surface area contributed by atoms with Crippen LogP contribution >= 0.6 is 11.8 Å². The van der Waals surface area contributed by atoms with Gasteiger partial charge in [-0.25, -0.2) is 9.97 Å². The lowest BCUT2D eigenvalue weighted by Crippen LogP contribution is -2.25. The molecule has 5 heteroatoms. The van der Waals surface area contributed by atoms with E-state index in [1.165, 1.54) is 56.1 Å². The highest BCUT2D eigenvalue weighted by atomic mass is 32.2. The number of nitrogens with zero attached hydrogens (tertiary/aromatic N) is 4. The lowest BCUT2D eigenvalue weighted by Gasteiger charge is -2.23. The lowest BCUT2D eigenvalue weighted by molar-refractivity contribution is 0.320. The topological polar surface area (TPSA) is 34.0 Å². The number of hydrogen-bond acceptors (Lipinski definition) is 4. The molecule has 0 aliphatic carbocycles. The van der Waals surface area contributed by atoms with E-state index in [0.29, 0.717) is 5.92 Å². The standard InChI is InChI=1S/C17H24N4S/c1-2-9-20(8-1)10-11-21-16(14-5-4-12-22-13-14)19-15-6-3-7-18-17(15)21/h3,6-7,14H,1-2,4-5,8-13H2. The van der Waals surface area contributed by atoms with Gasteiger partial charge in [-0.1, -0.05) is 0 Å². The van der Waals surface area contributed by atoms with Crippen LogP contribution in [0.1, 0.15) is 37.4 Å². The van der Waals surface area contributed by atoms with Crippen LogP contribution in [0, 0.1) is 0 Å². The molecule has 4 heterocycles. The van der Waals surface area contributed by atoms with Crippen molar-refractivity contribution in [2.45, 2.75) is 38.1 Å². The van der Waals surface area contributed by atoms with Gasteiger partial charge >= 0.3 is 0 Å². The Morgan fingerprint density at radius 2 is 2.09 bits per heavy atom. The van der Waals surface area contributed by atoms with Crippen LogP contribution in [0.15, 0.2) is 18.3 Å². The third-order valence-electron chi connectivity index (χ3n) is 4.90. The third kappa shape index (κ3) is 2.88. The minimum absolute atomic E-state index is 0.603. The van der Waals surface area contributed by atoms with Gasteiger partial charge in [0.2, 0.25) is 0 Å². The van der Waals surface area contributed by atoms with Gasteiger partial charge < -0.3 is 9.47 Å². The van der Waals surface area contributed by atoms with E-state index in [1.807, 2.05) is 12.3 Å². The summed E-state index contributed by atoms with van der Waals surface area (Å²) < 4.78 is 2.41. The summed E-state index contributed by atoms with van der Waals surface area (Å²) in [6.07, 6.45) is 7.21. The average Bonchev–Trinajstić information content (AvgIpc) is 3.21. The second-order valence-electron chi connectivity index (χ2n) is 6.43. The number of fused-ring (bicyclic) bond motifs is 1. The molecule has 2 aromatic heterocycles. The van der Waals surface area contributed by atoms with Crippen molar-refractivity contribution < 1.29 is 0 Å². The average molecular weight is 316 g/mol. The largest absolute Gasteiger partial charge is 0.311 e. The molecule has 4 nitrogen and oxygen atoms in total. The zero-order valence-electron chi connectivity index (χ0n) is 13.1. The second-order valence-corrected chi connectivity index (χ2v) is 7.58. The molecule has 0 N–H and O–H groups in total. The summed E-state index contributed by atoms with van der Waals surface area (Å²) in [5.41, 5.74) is 2.14. The van der Waals surface area contributed by atoms with Crippen molar-refractivity contribution in [3.63, 3.8) is 0 Å². The first-order valence-corrected chi connectivity index (χ1v) is 9.68. The maximum absolute atomic E-state index is 4.95. The Hall–Kier alpha value is -1.07. The lowest BCUT2D eigenvalue weighted by atomic mass is 10.0. The quantitative estimate of drug-likeness (QED) is 0.868. The number of pyridine rings is 1. The van der Waals surface area contributed by atoms with Crippen LogP contribution in [-0.4, -0.2) is 50.6 Å². The van der Waals surface area contributed by atoms with E-state index >= 15 is 0 Å². The van der Waals surface area contributed by atoms with E-state index in [4.69, 9.17) is 4.98 Å². The highest BCUT2D eigenvalue weighted by Gasteiger charge is 2.23. The number of thioether (sulfide) groups is 1. The third-order valence-corrected chi connectivity index (χ3v) is 6.11. The summed E-state index contributed by atoms with van der Waals surface area (Å²) in [4.78, 5) is 12.1. The van der Waals surface area contributed by atoms with Gasteiger partial charge in [0.05, 0.1) is 0 Å². The zero-order valence-corrected chi connectivity index (χ0v) is 13.9. The number of likely N-dealkylation sites (tertiary alicyclic amines) is 1. The molecule has 0 bridgehead atoms. The van der Waals surface area contributed by atoms with E-state index in [9.17, 15) is 0 Å². The molecule has 2 aliphatic rings. The zero-order chi connectivity index (χ0) is 14.8. The summed E-state index contributed by atoms with van der Waals surface area (Å²) in [5, 5.41) is 0. The first kappa shape index (κ1) is 14.5. The number of rotatable bonds is 4. The fourth-order valence-electron chi connectivity index (χ4n) is 3.70. The molecule has 2 aromatic rings. The van der Waals surface area contributed by atoms with Crippen LogP contribution in [0.4, 0.5) is 0 Å². The first-order chi connectivity index (χ1) is 10.9. The summed E-state index contributed by atoms with van der Waals surface area (Å²) in [5.74, 6) is 4.40. The van der Waals surface area contributed by atoms with Crippen LogP contribution < -0.4 is 0 Å². The first-order valence-electron chi connectivity index (χ1n) is 8.53. The number of aromatic nitrogens is 3. The Labute approximate surface area is 136 Å². The molecule has 118 valence electrons. The molecule has 0 radical (unpaired) electrons. The van der Waals surface area contributed by atoms with Crippen molar-refractivity contribution in [2.75, 3.05) is 31.1 Å². The Morgan fingerprint density at radius 1 is 1.18 bits per heavy atom. The van der Waals surface area contributed by atoms with E-state index in [-0.39, 0.29) is 0 Å². The van der Waals surface area contributed by atoms with Gasteiger partial charge in [-0.15, -0.1) is 0 Å². The van der Waals surface area contributed by atoms with Crippen molar-refractivity contribution in [3.8, 4) is 0 Å². The van der Waals surface area contributed by atoms with Crippen LogP contribution in [0.5, 0.6) is 0 Å². The molecule has 0 saturated carbocycles.